The van der Waals surface area contributed by atoms with Crippen molar-refractivity contribution in [1.29, 1.82) is 0 Å². The first kappa shape index (κ1) is 18.9. The van der Waals surface area contributed by atoms with E-state index in [4.69, 9.17) is 4.98 Å². The summed E-state index contributed by atoms with van der Waals surface area (Å²) >= 11 is 0. The van der Waals surface area contributed by atoms with E-state index in [1.165, 1.54) is 34.4 Å². The lowest BCUT2D eigenvalue weighted by Gasteiger charge is -2.24. The highest BCUT2D eigenvalue weighted by Crippen LogP contribution is 2.31. The van der Waals surface area contributed by atoms with Crippen LogP contribution in [0.15, 0.2) is 55.0 Å². The van der Waals surface area contributed by atoms with Gasteiger partial charge in [0.15, 0.2) is 11.6 Å². The van der Waals surface area contributed by atoms with Gasteiger partial charge in [0.25, 0.3) is 0 Å². The Hall–Kier alpha value is -3.87. The Bertz CT molecular complexity index is 1470. The molecule has 4 aromatic heterocycles. The minimum Gasteiger partial charge on any atom is -0.365 e. The molecular formula is C25H21FN6. The number of nitrogens with one attached hydrogen (secondary N) is 2. The average molecular weight is 424 g/mol. The van der Waals surface area contributed by atoms with Gasteiger partial charge in [0.1, 0.15) is 11.3 Å². The van der Waals surface area contributed by atoms with Gasteiger partial charge in [-0.2, -0.15) is 0 Å². The van der Waals surface area contributed by atoms with Crippen LogP contribution in [0.1, 0.15) is 23.2 Å². The summed E-state index contributed by atoms with van der Waals surface area (Å²) in [7, 11) is 0. The second kappa shape index (κ2) is 7.37. The predicted octanol–water partition coefficient (Wildman–Crippen LogP) is 4.99. The number of anilines is 1. The van der Waals surface area contributed by atoms with Crippen LogP contribution in [-0.2, 0) is 12.8 Å². The van der Waals surface area contributed by atoms with Gasteiger partial charge < -0.3 is 10.3 Å². The number of aryl methyl sites for hydroxylation is 2. The number of hydrogen-bond donors (Lipinski definition) is 2. The maximum absolute atomic E-state index is 13.8. The van der Waals surface area contributed by atoms with E-state index in [0.29, 0.717) is 22.7 Å². The molecule has 0 aliphatic heterocycles. The van der Waals surface area contributed by atoms with Crippen LogP contribution in [0, 0.1) is 12.7 Å². The number of hydrogen-bond acceptors (Lipinski definition) is 5. The van der Waals surface area contributed by atoms with Gasteiger partial charge in [-0.25, -0.2) is 14.4 Å². The van der Waals surface area contributed by atoms with Gasteiger partial charge in [0, 0.05) is 40.6 Å². The molecular weight excluding hydrogens is 403 g/mol. The molecule has 0 unspecified atom stereocenters. The molecule has 1 aliphatic rings. The summed E-state index contributed by atoms with van der Waals surface area (Å²) in [6, 6.07) is 12.0. The summed E-state index contributed by atoms with van der Waals surface area (Å²) in [5.41, 5.74) is 6.85. The number of aromatic amines is 1. The van der Waals surface area contributed by atoms with Gasteiger partial charge in [-0.05, 0) is 55.5 Å². The molecule has 0 saturated carbocycles. The number of H-pyrrole nitrogens is 1. The molecule has 2 N–H and O–H groups in total. The third-order valence-corrected chi connectivity index (χ3v) is 6.07. The minimum atomic E-state index is -0.415. The predicted molar refractivity (Wildman–Crippen MR) is 123 cm³/mol. The van der Waals surface area contributed by atoms with Crippen LogP contribution in [0.4, 0.5) is 10.2 Å². The molecule has 32 heavy (non-hydrogen) atoms. The third kappa shape index (κ3) is 3.26. The normalized spacial score (nSPS) is 15.8. The molecule has 5 aromatic rings. The van der Waals surface area contributed by atoms with Crippen molar-refractivity contribution in [1.82, 2.24) is 24.9 Å². The van der Waals surface area contributed by atoms with E-state index in [2.05, 4.69) is 49.5 Å². The van der Waals surface area contributed by atoms with Crippen molar-refractivity contribution in [2.24, 2.45) is 0 Å². The first-order valence-electron chi connectivity index (χ1n) is 10.7. The quantitative estimate of drug-likeness (QED) is 0.427. The second-order valence-corrected chi connectivity index (χ2v) is 8.38. The highest BCUT2D eigenvalue weighted by atomic mass is 19.1. The Morgan fingerprint density at radius 1 is 1.09 bits per heavy atom. The Morgan fingerprint density at radius 2 is 2.00 bits per heavy atom. The largest absolute Gasteiger partial charge is 0.365 e. The highest BCUT2D eigenvalue weighted by Gasteiger charge is 2.24. The minimum absolute atomic E-state index is 0.210. The lowest BCUT2D eigenvalue weighted by Crippen LogP contribution is -2.28. The fraction of sp³-hybridized carbons (Fsp3) is 0.200. The van der Waals surface area contributed by atoms with Crippen LogP contribution < -0.4 is 5.32 Å². The van der Waals surface area contributed by atoms with E-state index < -0.39 is 5.82 Å². The molecule has 1 aromatic carbocycles. The van der Waals surface area contributed by atoms with Crippen LogP contribution in [0.25, 0.3) is 33.3 Å². The summed E-state index contributed by atoms with van der Waals surface area (Å²) in [6.07, 6.45) is 7.42. The number of aromatic nitrogens is 5. The van der Waals surface area contributed by atoms with Gasteiger partial charge in [-0.15, -0.1) is 0 Å². The van der Waals surface area contributed by atoms with Gasteiger partial charge in [0.2, 0.25) is 0 Å². The number of para-hydroxylation sites is 1. The molecule has 6 nitrogen and oxygen atoms in total. The van der Waals surface area contributed by atoms with E-state index >= 15 is 0 Å². The molecule has 6 rings (SSSR count). The van der Waals surface area contributed by atoms with E-state index in [1.54, 1.807) is 6.20 Å². The van der Waals surface area contributed by atoms with Gasteiger partial charge in [-0.3, -0.25) is 9.97 Å². The number of nitrogens with zero attached hydrogens (tertiary/aromatic N) is 4. The van der Waals surface area contributed by atoms with Crippen LogP contribution in [0.2, 0.25) is 0 Å². The first-order chi connectivity index (χ1) is 15.6. The zero-order chi connectivity index (χ0) is 21.7. The van der Waals surface area contributed by atoms with Crippen LogP contribution >= 0.6 is 0 Å². The van der Waals surface area contributed by atoms with Crippen molar-refractivity contribution < 1.29 is 4.39 Å². The monoisotopic (exact) mass is 424 g/mol. The summed E-state index contributed by atoms with van der Waals surface area (Å²) in [5.74, 6) is 0.688. The van der Waals surface area contributed by atoms with Crippen molar-refractivity contribution in [3.8, 4) is 11.4 Å². The first-order valence-corrected chi connectivity index (χ1v) is 10.7. The Balaban J connectivity index is 1.40. The molecule has 4 heterocycles. The standard InChI is InChI=1S/C25H21FN6/c1-14-8-22-23(28-11-14)25(32-24(31-22)15-9-16(26)13-27-12-15)29-17-6-7-21-19(10-17)18-4-2-3-5-20(18)30-21/h2-5,8-9,11-13,17,30H,6-7,10H2,1H3,(H,29,31,32)/t17-/m1/s1. The molecule has 0 spiro atoms. The van der Waals surface area contributed by atoms with E-state index in [9.17, 15) is 4.39 Å². The summed E-state index contributed by atoms with van der Waals surface area (Å²) in [4.78, 5) is 21.5. The van der Waals surface area contributed by atoms with Gasteiger partial charge in [0.05, 0.1) is 11.7 Å². The maximum Gasteiger partial charge on any atom is 0.163 e. The SMILES string of the molecule is Cc1cnc2c(N[C@@H]3CCc4[nH]c5ccccc5c4C3)nc(-c3cncc(F)c3)nc2c1. The van der Waals surface area contributed by atoms with Gasteiger partial charge >= 0.3 is 0 Å². The highest BCUT2D eigenvalue weighted by molar-refractivity contribution is 5.88. The van der Waals surface area contributed by atoms with Crippen molar-refractivity contribution in [3.63, 3.8) is 0 Å². The number of rotatable bonds is 3. The summed E-state index contributed by atoms with van der Waals surface area (Å²) in [5, 5.41) is 4.90. The molecule has 0 saturated heterocycles. The molecule has 158 valence electrons. The van der Waals surface area contributed by atoms with E-state index in [0.717, 1.165) is 30.3 Å². The Morgan fingerprint density at radius 3 is 2.91 bits per heavy atom. The lowest BCUT2D eigenvalue weighted by molar-refractivity contribution is 0.606. The van der Waals surface area contributed by atoms with Gasteiger partial charge in [-0.1, -0.05) is 18.2 Å². The average Bonchev–Trinajstić information content (AvgIpc) is 3.17. The fourth-order valence-corrected chi connectivity index (χ4v) is 4.57. The molecule has 7 heteroatoms. The van der Waals surface area contributed by atoms with Crippen molar-refractivity contribution >= 4 is 27.8 Å². The summed E-state index contributed by atoms with van der Waals surface area (Å²) in [6.45, 7) is 1.98. The van der Waals surface area contributed by atoms with Crippen LogP contribution in [-0.4, -0.2) is 31.0 Å². The molecule has 0 amide bonds. The molecule has 1 atom stereocenters. The molecule has 0 fully saturated rings. The lowest BCUT2D eigenvalue weighted by atomic mass is 9.91. The fourth-order valence-electron chi connectivity index (χ4n) is 4.57. The third-order valence-electron chi connectivity index (χ3n) is 6.07. The van der Waals surface area contributed by atoms with Crippen LogP contribution in [0.5, 0.6) is 0 Å². The van der Waals surface area contributed by atoms with Crippen LogP contribution in [0.3, 0.4) is 0 Å². The zero-order valence-electron chi connectivity index (χ0n) is 17.6. The molecule has 0 radical (unpaired) electrons. The maximum atomic E-state index is 13.8. The topological polar surface area (TPSA) is 79.4 Å². The molecule has 0 bridgehead atoms. The number of fused-ring (bicyclic) bond motifs is 4. The Kier molecular flexibility index (Phi) is 4.35. The Labute approximate surface area is 184 Å². The number of pyridine rings is 2. The molecule has 1 aliphatic carbocycles. The number of halogens is 1. The van der Waals surface area contributed by atoms with Crippen molar-refractivity contribution in [2.45, 2.75) is 32.2 Å². The van der Waals surface area contributed by atoms with E-state index in [-0.39, 0.29) is 6.04 Å². The van der Waals surface area contributed by atoms with Crippen molar-refractivity contribution in [3.05, 3.63) is 77.6 Å². The van der Waals surface area contributed by atoms with Crippen molar-refractivity contribution in [2.75, 3.05) is 5.32 Å². The zero-order valence-corrected chi connectivity index (χ0v) is 17.6. The van der Waals surface area contributed by atoms with E-state index in [1.807, 2.05) is 19.2 Å². The number of benzene rings is 1. The second-order valence-electron chi connectivity index (χ2n) is 8.38. The smallest absolute Gasteiger partial charge is 0.163 e. The summed E-state index contributed by atoms with van der Waals surface area (Å²) < 4.78 is 13.8.